The van der Waals surface area contributed by atoms with Crippen molar-refractivity contribution in [1.82, 2.24) is 9.80 Å². The molecule has 2 heterocycles. The summed E-state index contributed by atoms with van der Waals surface area (Å²) in [6.45, 7) is 6.56. The number of amides is 1. The lowest BCUT2D eigenvalue weighted by atomic mass is 9.94. The highest BCUT2D eigenvalue weighted by molar-refractivity contribution is 6.46. The summed E-state index contributed by atoms with van der Waals surface area (Å²) in [6.07, 6.45) is 0.663. The number of hydrogen-bond donors (Lipinski definition) is 1. The fourth-order valence-electron chi connectivity index (χ4n) is 4.60. The summed E-state index contributed by atoms with van der Waals surface area (Å²) < 4.78 is 22.7. The van der Waals surface area contributed by atoms with Crippen LogP contribution in [0.1, 0.15) is 37.4 Å². The molecule has 9 heteroatoms. The number of carbonyl (C=O) groups excluding carboxylic acids is 2. The van der Waals surface area contributed by atoms with Gasteiger partial charge in [0.15, 0.2) is 23.0 Å². The maximum Gasteiger partial charge on any atom is 0.295 e. The molecule has 1 fully saturated rings. The van der Waals surface area contributed by atoms with Crippen molar-refractivity contribution in [2.75, 3.05) is 53.6 Å². The van der Waals surface area contributed by atoms with E-state index in [4.69, 9.17) is 18.9 Å². The van der Waals surface area contributed by atoms with Gasteiger partial charge in [0, 0.05) is 12.1 Å². The Morgan fingerprint density at radius 2 is 1.70 bits per heavy atom. The third-order valence-electron chi connectivity index (χ3n) is 6.24. The van der Waals surface area contributed by atoms with E-state index in [2.05, 4.69) is 0 Å². The highest BCUT2D eigenvalue weighted by Gasteiger charge is 2.46. The number of ether oxygens (including phenoxy) is 4. The third kappa shape index (κ3) is 5.51. The first kappa shape index (κ1) is 26.3. The molecular formula is C28H34N2O7. The van der Waals surface area contributed by atoms with Crippen LogP contribution in [0.25, 0.3) is 5.76 Å². The number of aliphatic hydroxyl groups is 1. The third-order valence-corrected chi connectivity index (χ3v) is 6.24. The van der Waals surface area contributed by atoms with Crippen molar-refractivity contribution in [3.05, 3.63) is 53.1 Å². The van der Waals surface area contributed by atoms with E-state index in [1.165, 1.54) is 4.90 Å². The molecule has 4 rings (SSSR count). The maximum absolute atomic E-state index is 13.3. The lowest BCUT2D eigenvalue weighted by molar-refractivity contribution is -0.139. The van der Waals surface area contributed by atoms with Gasteiger partial charge in [-0.15, -0.1) is 0 Å². The van der Waals surface area contributed by atoms with Gasteiger partial charge in [0.05, 0.1) is 24.8 Å². The molecule has 1 N–H and O–H groups in total. The summed E-state index contributed by atoms with van der Waals surface area (Å²) in [4.78, 5) is 30.1. The molecule has 0 aromatic heterocycles. The second-order valence-corrected chi connectivity index (χ2v) is 9.08. The van der Waals surface area contributed by atoms with Crippen LogP contribution in [0.4, 0.5) is 0 Å². The van der Waals surface area contributed by atoms with E-state index in [-0.39, 0.29) is 11.3 Å². The Hall–Kier alpha value is -3.72. The predicted molar refractivity (Wildman–Crippen MR) is 138 cm³/mol. The molecule has 2 aromatic rings. The molecule has 9 nitrogen and oxygen atoms in total. The van der Waals surface area contributed by atoms with Crippen LogP contribution in [0.5, 0.6) is 23.0 Å². The van der Waals surface area contributed by atoms with Crippen molar-refractivity contribution in [3.63, 3.8) is 0 Å². The molecule has 0 saturated carbocycles. The van der Waals surface area contributed by atoms with E-state index in [0.29, 0.717) is 73.5 Å². The average Bonchev–Trinajstić information content (AvgIpc) is 3.14. The van der Waals surface area contributed by atoms with Gasteiger partial charge >= 0.3 is 0 Å². The first-order valence-corrected chi connectivity index (χ1v) is 12.6. The zero-order chi connectivity index (χ0) is 26.5. The molecule has 1 atom stereocenters. The SMILES string of the molecule is CCOc1ccc(C2/C(=C(/O)c3ccc4c(c3)OCCO4)C(=O)C(=O)N2CCCN(C)C)cc1OCC. The number of rotatable bonds is 10. The summed E-state index contributed by atoms with van der Waals surface area (Å²) in [5.74, 6) is 0.499. The molecule has 0 aliphatic carbocycles. The minimum Gasteiger partial charge on any atom is -0.507 e. The zero-order valence-electron chi connectivity index (χ0n) is 21.8. The Morgan fingerprint density at radius 1 is 1.00 bits per heavy atom. The second kappa shape index (κ2) is 11.6. The molecule has 0 radical (unpaired) electrons. The smallest absolute Gasteiger partial charge is 0.295 e. The number of nitrogens with zero attached hydrogens (tertiary/aromatic N) is 2. The van der Waals surface area contributed by atoms with Gasteiger partial charge < -0.3 is 33.9 Å². The van der Waals surface area contributed by atoms with Gasteiger partial charge in [-0.1, -0.05) is 6.07 Å². The average molecular weight is 511 g/mol. The predicted octanol–water partition coefficient (Wildman–Crippen LogP) is 3.63. The topological polar surface area (TPSA) is 97.8 Å². The first-order chi connectivity index (χ1) is 17.8. The number of hydrogen-bond acceptors (Lipinski definition) is 8. The number of fused-ring (bicyclic) bond motifs is 1. The Kier molecular flexibility index (Phi) is 8.23. The summed E-state index contributed by atoms with van der Waals surface area (Å²) in [6, 6.07) is 9.54. The highest BCUT2D eigenvalue weighted by Crippen LogP contribution is 2.43. The minimum atomic E-state index is -0.787. The van der Waals surface area contributed by atoms with Gasteiger partial charge in [-0.3, -0.25) is 9.59 Å². The van der Waals surface area contributed by atoms with Gasteiger partial charge in [0.1, 0.15) is 19.0 Å². The Bertz CT molecular complexity index is 1190. The molecule has 2 aliphatic heterocycles. The fourth-order valence-corrected chi connectivity index (χ4v) is 4.60. The summed E-state index contributed by atoms with van der Waals surface area (Å²) in [5, 5.41) is 11.4. The van der Waals surface area contributed by atoms with Gasteiger partial charge in [-0.25, -0.2) is 0 Å². The second-order valence-electron chi connectivity index (χ2n) is 9.08. The van der Waals surface area contributed by atoms with Gasteiger partial charge in [0.25, 0.3) is 11.7 Å². The number of carbonyl (C=O) groups is 2. The van der Waals surface area contributed by atoms with Crippen molar-refractivity contribution in [1.29, 1.82) is 0 Å². The molecule has 37 heavy (non-hydrogen) atoms. The first-order valence-electron chi connectivity index (χ1n) is 12.6. The van der Waals surface area contributed by atoms with Crippen LogP contribution in [-0.2, 0) is 9.59 Å². The van der Waals surface area contributed by atoms with Crippen LogP contribution in [0.2, 0.25) is 0 Å². The van der Waals surface area contributed by atoms with E-state index in [1.807, 2.05) is 32.8 Å². The Labute approximate surface area is 217 Å². The number of benzene rings is 2. The molecule has 198 valence electrons. The van der Waals surface area contributed by atoms with Crippen molar-refractivity contribution < 1.29 is 33.6 Å². The van der Waals surface area contributed by atoms with E-state index in [1.54, 1.807) is 36.4 Å². The van der Waals surface area contributed by atoms with Crippen LogP contribution in [0.15, 0.2) is 42.0 Å². The van der Waals surface area contributed by atoms with Crippen LogP contribution < -0.4 is 18.9 Å². The van der Waals surface area contributed by atoms with Crippen LogP contribution in [0, 0.1) is 0 Å². The van der Waals surface area contributed by atoms with Crippen molar-refractivity contribution in [3.8, 4) is 23.0 Å². The number of likely N-dealkylation sites (tertiary alicyclic amines) is 1. The molecule has 2 aliphatic rings. The number of ketones is 1. The lowest BCUT2D eigenvalue weighted by Crippen LogP contribution is -2.32. The summed E-state index contributed by atoms with van der Waals surface area (Å²) in [5.41, 5.74) is 1.05. The number of Topliss-reactive ketones (excluding diaryl/α,β-unsaturated/α-hetero) is 1. The van der Waals surface area contributed by atoms with Crippen molar-refractivity contribution in [2.24, 2.45) is 0 Å². The van der Waals surface area contributed by atoms with E-state index >= 15 is 0 Å². The van der Waals surface area contributed by atoms with Crippen molar-refractivity contribution in [2.45, 2.75) is 26.3 Å². The summed E-state index contributed by atoms with van der Waals surface area (Å²) in [7, 11) is 3.91. The van der Waals surface area contributed by atoms with E-state index < -0.39 is 17.7 Å². The van der Waals surface area contributed by atoms with E-state index in [0.717, 1.165) is 6.54 Å². The number of aliphatic hydroxyl groups excluding tert-OH is 1. The fraction of sp³-hybridized carbons (Fsp3) is 0.429. The molecule has 2 aromatic carbocycles. The molecule has 0 spiro atoms. The highest BCUT2D eigenvalue weighted by atomic mass is 16.6. The van der Waals surface area contributed by atoms with Gasteiger partial charge in [0.2, 0.25) is 0 Å². The Morgan fingerprint density at radius 3 is 2.41 bits per heavy atom. The largest absolute Gasteiger partial charge is 0.507 e. The minimum absolute atomic E-state index is 0.0261. The molecule has 1 amide bonds. The maximum atomic E-state index is 13.3. The van der Waals surface area contributed by atoms with Gasteiger partial charge in [-0.05, 0) is 76.8 Å². The summed E-state index contributed by atoms with van der Waals surface area (Å²) >= 11 is 0. The van der Waals surface area contributed by atoms with Gasteiger partial charge in [-0.2, -0.15) is 0 Å². The monoisotopic (exact) mass is 510 g/mol. The zero-order valence-corrected chi connectivity index (χ0v) is 21.8. The normalized spacial score (nSPS) is 18.4. The quantitative estimate of drug-likeness (QED) is 0.294. The molecule has 0 bridgehead atoms. The van der Waals surface area contributed by atoms with E-state index in [9.17, 15) is 14.7 Å². The Balaban J connectivity index is 1.82. The van der Waals surface area contributed by atoms with Crippen LogP contribution >= 0.6 is 0 Å². The molecular weight excluding hydrogens is 476 g/mol. The van der Waals surface area contributed by atoms with Crippen molar-refractivity contribution >= 4 is 17.4 Å². The molecule has 1 unspecified atom stereocenters. The standard InChI is InChI=1S/C28H34N2O7/c1-5-34-20-10-8-18(16-22(20)35-6-2)25-24(27(32)28(33)30(25)13-7-12-29(3)4)26(31)19-9-11-21-23(17-19)37-15-14-36-21/h8-11,16-17,25,31H,5-7,12-15H2,1-4H3/b26-24-. The lowest BCUT2D eigenvalue weighted by Gasteiger charge is -2.26. The molecule has 1 saturated heterocycles. The van der Waals surface area contributed by atoms with Crippen LogP contribution in [0.3, 0.4) is 0 Å². The van der Waals surface area contributed by atoms with Crippen LogP contribution in [-0.4, -0.2) is 80.2 Å².